The van der Waals surface area contributed by atoms with Crippen molar-refractivity contribution in [3.63, 3.8) is 0 Å². The van der Waals surface area contributed by atoms with Crippen LogP contribution < -0.4 is 11.1 Å². The van der Waals surface area contributed by atoms with Crippen LogP contribution in [-0.4, -0.2) is 0 Å². The van der Waals surface area contributed by atoms with E-state index in [9.17, 15) is 0 Å². The molecule has 0 amide bonds. The Morgan fingerprint density at radius 3 is 2.25 bits per heavy atom. The predicted octanol–water partition coefficient (Wildman–Crippen LogP) is 4.34. The van der Waals surface area contributed by atoms with E-state index >= 15 is 0 Å². The van der Waals surface area contributed by atoms with Crippen LogP contribution in [-0.2, 0) is 6.54 Å². The minimum Gasteiger partial charge on any atom is -0.381 e. The van der Waals surface area contributed by atoms with Crippen molar-refractivity contribution in [1.82, 2.24) is 0 Å². The van der Waals surface area contributed by atoms with Crippen LogP contribution in [0.1, 0.15) is 37.4 Å². The molecule has 0 aromatic heterocycles. The lowest BCUT2D eigenvalue weighted by atomic mass is 9.93. The fourth-order valence-corrected chi connectivity index (χ4v) is 2.21. The molecule has 2 atom stereocenters. The Balaban J connectivity index is 1.95. The van der Waals surface area contributed by atoms with Crippen LogP contribution in [0.2, 0.25) is 0 Å². The van der Waals surface area contributed by atoms with E-state index in [1.807, 2.05) is 6.07 Å². The maximum Gasteiger partial charge on any atom is 0.0400 e. The summed E-state index contributed by atoms with van der Waals surface area (Å²) in [5.41, 5.74) is 9.87. The molecule has 0 radical (unpaired) electrons. The van der Waals surface area contributed by atoms with Gasteiger partial charge in [-0.2, -0.15) is 0 Å². The van der Waals surface area contributed by atoms with E-state index in [4.69, 9.17) is 5.73 Å². The zero-order valence-corrected chi connectivity index (χ0v) is 12.3. The summed E-state index contributed by atoms with van der Waals surface area (Å²) in [7, 11) is 0. The zero-order chi connectivity index (χ0) is 14.4. The van der Waals surface area contributed by atoms with E-state index in [0.29, 0.717) is 5.92 Å². The first-order valence-electron chi connectivity index (χ1n) is 7.34. The van der Waals surface area contributed by atoms with E-state index in [1.165, 1.54) is 11.1 Å². The summed E-state index contributed by atoms with van der Waals surface area (Å²) in [4.78, 5) is 0. The summed E-state index contributed by atoms with van der Waals surface area (Å²) in [6, 6.07) is 19.0. The van der Waals surface area contributed by atoms with Crippen LogP contribution in [0, 0.1) is 5.92 Å². The lowest BCUT2D eigenvalue weighted by Gasteiger charge is -2.19. The summed E-state index contributed by atoms with van der Waals surface area (Å²) in [6.45, 7) is 5.23. The SMILES string of the molecule is CCC(C)[C@H](N)c1ccc(NCc2ccccc2)cc1. The fraction of sp³-hybridized carbons (Fsp3) is 0.333. The normalized spacial score (nSPS) is 13.8. The highest BCUT2D eigenvalue weighted by atomic mass is 14.9. The molecule has 0 saturated carbocycles. The largest absolute Gasteiger partial charge is 0.381 e. The van der Waals surface area contributed by atoms with Crippen LogP contribution in [0.25, 0.3) is 0 Å². The van der Waals surface area contributed by atoms with Gasteiger partial charge in [-0.05, 0) is 29.2 Å². The number of nitrogens with one attached hydrogen (secondary N) is 1. The lowest BCUT2D eigenvalue weighted by Crippen LogP contribution is -2.18. The van der Waals surface area contributed by atoms with Crippen molar-refractivity contribution < 1.29 is 0 Å². The van der Waals surface area contributed by atoms with E-state index in [0.717, 1.165) is 18.7 Å². The molecular weight excluding hydrogens is 244 g/mol. The number of anilines is 1. The highest BCUT2D eigenvalue weighted by Crippen LogP contribution is 2.23. The van der Waals surface area contributed by atoms with Crippen molar-refractivity contribution in [3.05, 3.63) is 65.7 Å². The number of rotatable bonds is 6. The molecule has 2 nitrogen and oxygen atoms in total. The van der Waals surface area contributed by atoms with E-state index in [2.05, 4.69) is 67.7 Å². The van der Waals surface area contributed by atoms with Crippen LogP contribution >= 0.6 is 0 Å². The highest BCUT2D eigenvalue weighted by Gasteiger charge is 2.12. The molecule has 0 aliphatic carbocycles. The lowest BCUT2D eigenvalue weighted by molar-refractivity contribution is 0.457. The van der Waals surface area contributed by atoms with Gasteiger partial charge in [-0.25, -0.2) is 0 Å². The molecule has 2 aromatic carbocycles. The Hall–Kier alpha value is -1.80. The molecule has 1 unspecified atom stereocenters. The van der Waals surface area contributed by atoms with Gasteiger partial charge in [0.1, 0.15) is 0 Å². The first-order valence-corrected chi connectivity index (χ1v) is 7.34. The van der Waals surface area contributed by atoms with Crippen LogP contribution in [0.15, 0.2) is 54.6 Å². The van der Waals surface area contributed by atoms with Gasteiger partial charge >= 0.3 is 0 Å². The Bertz CT molecular complexity index is 505. The molecule has 0 aliphatic rings. The van der Waals surface area contributed by atoms with Gasteiger partial charge in [0.2, 0.25) is 0 Å². The Kier molecular flexibility index (Phi) is 5.19. The molecule has 106 valence electrons. The van der Waals surface area contributed by atoms with Crippen LogP contribution in [0.4, 0.5) is 5.69 Å². The van der Waals surface area contributed by atoms with E-state index in [-0.39, 0.29) is 6.04 Å². The minimum absolute atomic E-state index is 0.128. The van der Waals surface area contributed by atoms with E-state index < -0.39 is 0 Å². The van der Waals surface area contributed by atoms with Crippen molar-refractivity contribution in [3.8, 4) is 0 Å². The number of hydrogen-bond acceptors (Lipinski definition) is 2. The Morgan fingerprint density at radius 2 is 1.65 bits per heavy atom. The van der Waals surface area contributed by atoms with Crippen molar-refractivity contribution in [2.75, 3.05) is 5.32 Å². The molecular formula is C18H24N2. The van der Waals surface area contributed by atoms with Gasteiger partial charge in [0.25, 0.3) is 0 Å². The second-order valence-electron chi connectivity index (χ2n) is 5.37. The molecule has 2 heteroatoms. The molecule has 0 bridgehead atoms. The van der Waals surface area contributed by atoms with Gasteiger partial charge in [-0.15, -0.1) is 0 Å². The third kappa shape index (κ3) is 3.84. The smallest absolute Gasteiger partial charge is 0.0400 e. The topological polar surface area (TPSA) is 38.0 Å². The average molecular weight is 268 g/mol. The summed E-state index contributed by atoms with van der Waals surface area (Å²) in [5, 5.41) is 3.43. The first kappa shape index (κ1) is 14.6. The molecule has 0 fully saturated rings. The van der Waals surface area contributed by atoms with Gasteiger partial charge in [0.05, 0.1) is 0 Å². The van der Waals surface area contributed by atoms with Gasteiger partial charge in [-0.1, -0.05) is 62.7 Å². The zero-order valence-electron chi connectivity index (χ0n) is 12.3. The molecule has 0 heterocycles. The van der Waals surface area contributed by atoms with Crippen molar-refractivity contribution in [2.45, 2.75) is 32.9 Å². The predicted molar refractivity (Wildman–Crippen MR) is 86.6 cm³/mol. The summed E-state index contributed by atoms with van der Waals surface area (Å²) in [5.74, 6) is 0.512. The van der Waals surface area contributed by atoms with Crippen molar-refractivity contribution in [1.29, 1.82) is 0 Å². The molecule has 2 aromatic rings. The number of nitrogens with two attached hydrogens (primary N) is 1. The molecule has 0 aliphatic heterocycles. The number of hydrogen-bond donors (Lipinski definition) is 2. The van der Waals surface area contributed by atoms with E-state index in [1.54, 1.807) is 0 Å². The second kappa shape index (κ2) is 7.11. The molecule has 3 N–H and O–H groups in total. The maximum absolute atomic E-state index is 6.24. The van der Waals surface area contributed by atoms with Gasteiger partial charge in [0, 0.05) is 18.3 Å². The van der Waals surface area contributed by atoms with Crippen molar-refractivity contribution >= 4 is 5.69 Å². The third-order valence-electron chi connectivity index (χ3n) is 3.89. The standard InChI is InChI=1S/C18H24N2/c1-3-14(2)18(19)16-9-11-17(12-10-16)20-13-15-7-5-4-6-8-15/h4-12,14,18,20H,3,13,19H2,1-2H3/t14?,18-/m0/s1. The molecule has 0 spiro atoms. The van der Waals surface area contributed by atoms with Gasteiger partial charge < -0.3 is 11.1 Å². The monoisotopic (exact) mass is 268 g/mol. The summed E-state index contributed by atoms with van der Waals surface area (Å²) >= 11 is 0. The highest BCUT2D eigenvalue weighted by molar-refractivity contribution is 5.45. The summed E-state index contributed by atoms with van der Waals surface area (Å²) < 4.78 is 0. The third-order valence-corrected chi connectivity index (χ3v) is 3.89. The van der Waals surface area contributed by atoms with Gasteiger partial charge in [-0.3, -0.25) is 0 Å². The Morgan fingerprint density at radius 1 is 1.00 bits per heavy atom. The van der Waals surface area contributed by atoms with Crippen LogP contribution in [0.3, 0.4) is 0 Å². The summed E-state index contributed by atoms with van der Waals surface area (Å²) in [6.07, 6.45) is 1.11. The molecule has 2 rings (SSSR count). The Labute approximate surface area is 122 Å². The quantitative estimate of drug-likeness (QED) is 0.817. The second-order valence-corrected chi connectivity index (χ2v) is 5.37. The van der Waals surface area contributed by atoms with Crippen LogP contribution in [0.5, 0.6) is 0 Å². The average Bonchev–Trinajstić information content (AvgIpc) is 2.53. The molecule has 0 saturated heterocycles. The minimum atomic E-state index is 0.128. The first-order chi connectivity index (χ1) is 9.70. The fourth-order valence-electron chi connectivity index (χ4n) is 2.21. The maximum atomic E-state index is 6.24. The van der Waals surface area contributed by atoms with Gasteiger partial charge in [0.15, 0.2) is 0 Å². The van der Waals surface area contributed by atoms with Crippen molar-refractivity contribution in [2.24, 2.45) is 11.7 Å². The molecule has 20 heavy (non-hydrogen) atoms. The number of benzene rings is 2.